The van der Waals surface area contributed by atoms with Crippen LogP contribution in [-0.2, 0) is 23.1 Å². The van der Waals surface area contributed by atoms with Crippen molar-refractivity contribution in [3.63, 3.8) is 0 Å². The number of nitrogens with one attached hydrogen (secondary N) is 1. The smallest absolute Gasteiger partial charge is 0.167 e. The molecule has 0 radical (unpaired) electrons. The molecule has 142 valence electrons. The number of anilines is 1. The number of fused-ring (bicyclic) bond motifs is 3. The zero-order valence-electron chi connectivity index (χ0n) is 16.4. The number of hydrogen-bond donors (Lipinski definition) is 2. The number of aryl methyl sites for hydroxylation is 1. The number of benzene rings is 1. The van der Waals surface area contributed by atoms with Crippen molar-refractivity contribution in [2.24, 2.45) is 5.16 Å². The van der Waals surface area contributed by atoms with Crippen LogP contribution < -0.4 is 5.32 Å². The average Bonchev–Trinajstić information content (AvgIpc) is 3.21. The third-order valence-corrected chi connectivity index (χ3v) is 5.99. The van der Waals surface area contributed by atoms with Crippen molar-refractivity contribution in [3.05, 3.63) is 34.2 Å². The normalized spacial score (nSPS) is 19.8. The summed E-state index contributed by atoms with van der Waals surface area (Å²) >= 11 is 0. The van der Waals surface area contributed by atoms with Gasteiger partial charge in [0.05, 0.1) is 22.7 Å². The Balaban J connectivity index is 2.04. The molecule has 27 heavy (non-hydrogen) atoms. The van der Waals surface area contributed by atoms with E-state index in [0.717, 1.165) is 41.6 Å². The Morgan fingerprint density at radius 3 is 2.67 bits per heavy atom. The lowest BCUT2D eigenvalue weighted by Crippen LogP contribution is -2.53. The van der Waals surface area contributed by atoms with E-state index in [1.54, 1.807) is 0 Å². The highest BCUT2D eigenvalue weighted by atomic mass is 16.5. The number of hydrogen-bond acceptors (Lipinski definition) is 6. The molecule has 6 heteroatoms. The fraction of sp³-hybridized carbons (Fsp3) is 0.476. The van der Waals surface area contributed by atoms with Crippen LogP contribution in [0.5, 0.6) is 0 Å². The first-order chi connectivity index (χ1) is 12.7. The fourth-order valence-electron chi connectivity index (χ4n) is 4.77. The van der Waals surface area contributed by atoms with Gasteiger partial charge < -0.3 is 15.0 Å². The minimum Gasteiger partial charge on any atom is -0.411 e. The monoisotopic (exact) mass is 367 g/mol. The van der Waals surface area contributed by atoms with Crippen LogP contribution in [0.3, 0.4) is 0 Å². The molecule has 2 aromatic rings. The van der Waals surface area contributed by atoms with Gasteiger partial charge in [-0.1, -0.05) is 10.3 Å². The topological polar surface area (TPSA) is 87.7 Å². The Morgan fingerprint density at radius 1 is 1.26 bits per heavy atom. The van der Waals surface area contributed by atoms with Crippen molar-refractivity contribution in [1.29, 1.82) is 0 Å². The number of nitrogens with zero attached hydrogens (tertiary/aromatic N) is 2. The average molecular weight is 367 g/mol. The standard InChI is InChI=1S/C21H25N3O3/c1-11-17(16(10-22-26)24-27-11)14-9-15-18(13-8-6-7-12(13)14)23-21(4,5)19(25)20(15,2)3/h9-10,23,26H,6-8H2,1-5H3. The minimum absolute atomic E-state index is 0.172. The van der Waals surface area contributed by atoms with Gasteiger partial charge >= 0.3 is 0 Å². The highest BCUT2D eigenvalue weighted by Crippen LogP contribution is 2.48. The SMILES string of the molecule is Cc1onc(C=NO)c1-c1cc2c(c3c1CCC3)NC(C)(C)C(=O)C2(C)C. The van der Waals surface area contributed by atoms with Crippen molar-refractivity contribution >= 4 is 17.7 Å². The highest BCUT2D eigenvalue weighted by Gasteiger charge is 2.47. The van der Waals surface area contributed by atoms with E-state index in [2.05, 4.69) is 21.7 Å². The van der Waals surface area contributed by atoms with E-state index in [1.807, 2.05) is 34.6 Å². The highest BCUT2D eigenvalue weighted by molar-refractivity contribution is 6.04. The molecular weight excluding hydrogens is 342 g/mol. The maximum absolute atomic E-state index is 13.1. The van der Waals surface area contributed by atoms with E-state index in [-0.39, 0.29) is 5.78 Å². The van der Waals surface area contributed by atoms with Crippen LogP contribution in [0.4, 0.5) is 5.69 Å². The number of ketones is 1. The van der Waals surface area contributed by atoms with Gasteiger partial charge in [0.15, 0.2) is 5.78 Å². The molecule has 1 aromatic heterocycles. The molecule has 0 fully saturated rings. The van der Waals surface area contributed by atoms with Crippen molar-refractivity contribution in [2.75, 3.05) is 5.32 Å². The van der Waals surface area contributed by atoms with Crippen LogP contribution >= 0.6 is 0 Å². The van der Waals surface area contributed by atoms with E-state index >= 15 is 0 Å². The molecular formula is C21H25N3O3. The van der Waals surface area contributed by atoms with Crippen molar-refractivity contribution in [2.45, 2.75) is 64.8 Å². The van der Waals surface area contributed by atoms with Crippen LogP contribution in [0, 0.1) is 6.92 Å². The van der Waals surface area contributed by atoms with Crippen LogP contribution in [0.2, 0.25) is 0 Å². The Bertz CT molecular complexity index is 983. The number of rotatable bonds is 2. The summed E-state index contributed by atoms with van der Waals surface area (Å²) < 4.78 is 5.38. The Morgan fingerprint density at radius 2 is 1.96 bits per heavy atom. The summed E-state index contributed by atoms with van der Waals surface area (Å²) in [6.45, 7) is 9.76. The Kier molecular flexibility index (Phi) is 3.74. The third-order valence-electron chi connectivity index (χ3n) is 5.99. The van der Waals surface area contributed by atoms with Crippen molar-refractivity contribution < 1.29 is 14.5 Å². The van der Waals surface area contributed by atoms with E-state index < -0.39 is 11.0 Å². The third kappa shape index (κ3) is 2.42. The van der Waals surface area contributed by atoms with Crippen molar-refractivity contribution in [3.8, 4) is 11.1 Å². The number of carbonyl (C=O) groups is 1. The molecule has 1 aliphatic heterocycles. The Hall–Kier alpha value is -2.63. The predicted molar refractivity (Wildman–Crippen MR) is 104 cm³/mol. The number of carbonyl (C=O) groups excluding carboxylic acids is 1. The summed E-state index contributed by atoms with van der Waals surface area (Å²) in [5, 5.41) is 19.7. The van der Waals surface area contributed by atoms with Gasteiger partial charge in [0.2, 0.25) is 0 Å². The molecule has 2 N–H and O–H groups in total. The van der Waals surface area contributed by atoms with Crippen molar-refractivity contribution in [1.82, 2.24) is 5.16 Å². The molecule has 0 amide bonds. The van der Waals surface area contributed by atoms with E-state index in [4.69, 9.17) is 9.73 Å². The summed E-state index contributed by atoms with van der Waals surface area (Å²) in [6, 6.07) is 2.11. The first-order valence-electron chi connectivity index (χ1n) is 9.35. The molecule has 2 heterocycles. The number of Topliss-reactive ketones (excluding diaryl/α,β-unsaturated/α-hetero) is 1. The molecule has 1 aliphatic carbocycles. The quantitative estimate of drug-likeness (QED) is 0.476. The fourth-order valence-corrected chi connectivity index (χ4v) is 4.77. The molecule has 6 nitrogen and oxygen atoms in total. The molecule has 2 aliphatic rings. The number of aromatic nitrogens is 1. The van der Waals surface area contributed by atoms with Gasteiger partial charge in [-0.25, -0.2) is 0 Å². The summed E-state index contributed by atoms with van der Waals surface area (Å²) in [4.78, 5) is 13.1. The zero-order valence-corrected chi connectivity index (χ0v) is 16.4. The molecule has 0 unspecified atom stereocenters. The second-order valence-corrected chi connectivity index (χ2v) is 8.61. The van der Waals surface area contributed by atoms with E-state index in [0.29, 0.717) is 11.5 Å². The van der Waals surface area contributed by atoms with Gasteiger partial charge in [0.25, 0.3) is 0 Å². The lowest BCUT2D eigenvalue weighted by Gasteiger charge is -2.43. The van der Waals surface area contributed by atoms with Crippen LogP contribution in [-0.4, -0.2) is 27.9 Å². The Labute approximate surface area is 158 Å². The summed E-state index contributed by atoms with van der Waals surface area (Å²) in [6.07, 6.45) is 4.31. The maximum atomic E-state index is 13.1. The van der Waals surface area contributed by atoms with Crippen LogP contribution in [0.15, 0.2) is 15.7 Å². The molecule has 0 atom stereocenters. The molecule has 1 aromatic carbocycles. The van der Waals surface area contributed by atoms with Gasteiger partial charge in [-0.2, -0.15) is 0 Å². The molecule has 0 spiro atoms. The zero-order chi connectivity index (χ0) is 19.6. The lowest BCUT2D eigenvalue weighted by molar-refractivity contribution is -0.127. The summed E-state index contributed by atoms with van der Waals surface area (Å²) in [7, 11) is 0. The first kappa shape index (κ1) is 17.8. The largest absolute Gasteiger partial charge is 0.411 e. The maximum Gasteiger partial charge on any atom is 0.167 e. The first-order valence-corrected chi connectivity index (χ1v) is 9.35. The van der Waals surface area contributed by atoms with Crippen LogP contribution in [0.25, 0.3) is 11.1 Å². The lowest BCUT2D eigenvalue weighted by atomic mass is 9.68. The summed E-state index contributed by atoms with van der Waals surface area (Å²) in [5.74, 6) is 0.845. The van der Waals surface area contributed by atoms with E-state index in [9.17, 15) is 4.79 Å². The predicted octanol–water partition coefficient (Wildman–Crippen LogP) is 4.00. The minimum atomic E-state index is -0.604. The number of oxime groups is 1. The van der Waals surface area contributed by atoms with Gasteiger partial charge in [-0.3, -0.25) is 4.79 Å². The summed E-state index contributed by atoms with van der Waals surface area (Å²) in [5.41, 5.74) is 5.81. The molecule has 0 saturated carbocycles. The molecule has 4 rings (SSSR count). The van der Waals surface area contributed by atoms with Gasteiger partial charge in [-0.15, -0.1) is 0 Å². The van der Waals surface area contributed by atoms with Crippen LogP contribution in [0.1, 0.15) is 62.3 Å². The molecule has 0 bridgehead atoms. The van der Waals surface area contributed by atoms with E-state index in [1.165, 1.54) is 17.3 Å². The second kappa shape index (κ2) is 5.68. The second-order valence-electron chi connectivity index (χ2n) is 8.61. The van der Waals surface area contributed by atoms with Gasteiger partial charge in [-0.05, 0) is 82.2 Å². The molecule has 0 saturated heterocycles. The van der Waals surface area contributed by atoms with Gasteiger partial charge in [0.1, 0.15) is 11.5 Å². The van der Waals surface area contributed by atoms with Gasteiger partial charge in [0, 0.05) is 5.69 Å².